The van der Waals surface area contributed by atoms with E-state index in [-0.39, 0.29) is 44.4 Å². The van der Waals surface area contributed by atoms with Crippen LogP contribution < -0.4 is 0 Å². The highest BCUT2D eigenvalue weighted by molar-refractivity contribution is 5.72. The minimum Gasteiger partial charge on any atom is -0.462 e. The van der Waals surface area contributed by atoms with Crippen molar-refractivity contribution in [1.82, 2.24) is 0 Å². The Morgan fingerprint density at radius 1 is 0.278 bits per heavy atom. The molecule has 0 spiro atoms. The van der Waals surface area contributed by atoms with Crippen LogP contribution in [0.3, 0.4) is 0 Å². The summed E-state index contributed by atoms with van der Waals surface area (Å²) < 4.78 is 16.8. The van der Waals surface area contributed by atoms with Gasteiger partial charge in [-0.25, -0.2) is 0 Å². The summed E-state index contributed by atoms with van der Waals surface area (Å²) in [7, 11) is 0. The van der Waals surface area contributed by atoms with E-state index >= 15 is 0 Å². The molecule has 0 amide bonds. The summed E-state index contributed by atoms with van der Waals surface area (Å²) in [5, 5.41) is 0. The Morgan fingerprint density at radius 2 is 0.544 bits per heavy atom. The fraction of sp³-hybridized carbons (Fsp3) is 0.575. The lowest BCUT2D eigenvalue weighted by molar-refractivity contribution is -0.166. The van der Waals surface area contributed by atoms with E-state index in [9.17, 15) is 14.4 Å². The van der Waals surface area contributed by atoms with Crippen LogP contribution in [-0.2, 0) is 28.6 Å². The zero-order valence-electron chi connectivity index (χ0n) is 50.6. The van der Waals surface area contributed by atoms with Gasteiger partial charge in [0.2, 0.25) is 0 Å². The van der Waals surface area contributed by atoms with E-state index in [4.69, 9.17) is 14.2 Å². The van der Waals surface area contributed by atoms with Crippen molar-refractivity contribution in [3.8, 4) is 0 Å². The van der Waals surface area contributed by atoms with Gasteiger partial charge in [-0.1, -0.05) is 268 Å². The number of carbonyl (C=O) groups excluding carboxylic acids is 3. The first-order chi connectivity index (χ1) is 39.0. The predicted molar refractivity (Wildman–Crippen MR) is 343 cm³/mol. The summed E-state index contributed by atoms with van der Waals surface area (Å²) in [6.07, 6.45) is 96.7. The molecule has 0 radical (unpaired) electrons. The number of hydrogen-bond donors (Lipinski definition) is 0. The number of rotatable bonds is 55. The minimum atomic E-state index is -0.847. The van der Waals surface area contributed by atoms with E-state index in [0.717, 1.165) is 116 Å². The number of carbonyl (C=O) groups is 3. The fourth-order valence-corrected chi connectivity index (χ4v) is 8.05. The van der Waals surface area contributed by atoms with E-state index in [2.05, 4.69) is 179 Å². The second-order valence-electron chi connectivity index (χ2n) is 20.2. The molecular weight excluding hydrogens is 973 g/mol. The molecule has 6 nitrogen and oxygen atoms in total. The summed E-state index contributed by atoms with van der Waals surface area (Å²) in [5.74, 6) is -1.12. The van der Waals surface area contributed by atoms with Gasteiger partial charge in [-0.05, 0) is 135 Å². The van der Waals surface area contributed by atoms with Gasteiger partial charge in [-0.15, -0.1) is 0 Å². The normalized spacial score (nSPS) is 13.3. The topological polar surface area (TPSA) is 78.9 Å². The summed E-state index contributed by atoms with van der Waals surface area (Å²) in [4.78, 5) is 38.2. The van der Waals surface area contributed by atoms with Crippen LogP contribution >= 0.6 is 0 Å². The van der Waals surface area contributed by atoms with Crippen LogP contribution in [0.1, 0.15) is 252 Å². The first kappa shape index (κ1) is 73.8. The third kappa shape index (κ3) is 63.5. The Kier molecular flexibility index (Phi) is 61.0. The maximum Gasteiger partial charge on any atom is 0.309 e. The van der Waals surface area contributed by atoms with Crippen LogP contribution in [0.2, 0.25) is 0 Å². The molecule has 1 atom stereocenters. The quantitative estimate of drug-likeness (QED) is 0.0261. The van der Waals surface area contributed by atoms with Gasteiger partial charge in [0.25, 0.3) is 0 Å². The highest BCUT2D eigenvalue weighted by Gasteiger charge is 2.19. The van der Waals surface area contributed by atoms with E-state index in [1.54, 1.807) is 6.08 Å². The van der Waals surface area contributed by atoms with E-state index < -0.39 is 12.1 Å². The second-order valence-corrected chi connectivity index (χ2v) is 20.2. The molecule has 0 aliphatic rings. The van der Waals surface area contributed by atoms with Gasteiger partial charge >= 0.3 is 17.9 Å². The molecular formula is C73H114O6. The number of hydrogen-bond acceptors (Lipinski definition) is 6. The van der Waals surface area contributed by atoms with E-state index in [1.165, 1.54) is 89.9 Å². The van der Waals surface area contributed by atoms with Crippen LogP contribution in [0.15, 0.2) is 170 Å². The van der Waals surface area contributed by atoms with E-state index in [0.29, 0.717) is 6.42 Å². The summed E-state index contributed by atoms with van der Waals surface area (Å²) >= 11 is 0. The molecule has 0 rings (SSSR count). The number of ether oxygens (including phenoxy) is 3. The molecule has 1 unspecified atom stereocenters. The highest BCUT2D eigenvalue weighted by atomic mass is 16.6. The molecule has 0 saturated heterocycles. The highest BCUT2D eigenvalue weighted by Crippen LogP contribution is 2.14. The van der Waals surface area contributed by atoms with Crippen molar-refractivity contribution in [1.29, 1.82) is 0 Å². The Labute approximate surface area is 485 Å². The van der Waals surface area contributed by atoms with Gasteiger partial charge in [0.15, 0.2) is 6.10 Å². The average molecular weight is 1090 g/mol. The Hall–Kier alpha value is -5.23. The molecule has 0 heterocycles. The molecule has 0 fully saturated rings. The first-order valence-electron chi connectivity index (χ1n) is 31.6. The lowest BCUT2D eigenvalue weighted by Crippen LogP contribution is -2.30. The van der Waals surface area contributed by atoms with Gasteiger partial charge in [-0.2, -0.15) is 0 Å². The largest absolute Gasteiger partial charge is 0.462 e. The summed E-state index contributed by atoms with van der Waals surface area (Å²) in [5.41, 5.74) is 0. The number of unbranched alkanes of at least 4 members (excludes halogenated alkanes) is 17. The molecule has 0 bridgehead atoms. The Balaban J connectivity index is 4.55. The monoisotopic (exact) mass is 1090 g/mol. The first-order valence-corrected chi connectivity index (χ1v) is 31.6. The van der Waals surface area contributed by atoms with Gasteiger partial charge in [-0.3, -0.25) is 14.4 Å². The van der Waals surface area contributed by atoms with Crippen LogP contribution in [-0.4, -0.2) is 37.2 Å². The maximum absolute atomic E-state index is 12.9. The maximum atomic E-state index is 12.9. The summed E-state index contributed by atoms with van der Waals surface area (Å²) in [6, 6.07) is 0. The van der Waals surface area contributed by atoms with Gasteiger partial charge in [0.1, 0.15) is 13.2 Å². The standard InChI is InChI=1S/C73H114O6/c1-4-7-10-13-16-19-22-25-28-30-32-33-34-35-36-37-38-39-41-42-45-48-51-54-57-60-63-66-72(75)78-69-70(68-77-71(74)65-62-59-56-53-50-47-44-27-24-21-18-15-12-9-6-3)79-73(76)67-64-61-58-55-52-49-46-43-40-31-29-26-23-20-17-14-11-8-5-2/h7,9-10,12,16,18-19,21,25-29,32-33,35-36,38-39,42,44-45,50-51,53-54,59,62,70H,4-6,8,11,13-15,17,20,22-24,30-31,34,37,40-41,43,46-49,52,55-58,60-61,63-69H2,1-3H3/b10-7-,12-9-,19-16-,21-18-,28-25-,29-26-,33-32-,36-35-,39-38-,44-27-,45-42-,53-50-,54-51-,62-59-. The smallest absolute Gasteiger partial charge is 0.309 e. The predicted octanol–water partition coefficient (Wildman–Crippen LogP) is 21.9. The van der Waals surface area contributed by atoms with Gasteiger partial charge < -0.3 is 14.2 Å². The number of allylic oxidation sites excluding steroid dienone is 27. The zero-order chi connectivity index (χ0) is 57.1. The van der Waals surface area contributed by atoms with Crippen molar-refractivity contribution in [3.05, 3.63) is 170 Å². The summed E-state index contributed by atoms with van der Waals surface area (Å²) in [6.45, 7) is 6.28. The fourth-order valence-electron chi connectivity index (χ4n) is 8.05. The Morgan fingerprint density at radius 3 is 0.924 bits per heavy atom. The third-order valence-electron chi connectivity index (χ3n) is 12.7. The molecule has 6 heteroatoms. The van der Waals surface area contributed by atoms with Gasteiger partial charge in [0.05, 0.1) is 6.42 Å². The molecule has 0 aliphatic carbocycles. The lowest BCUT2D eigenvalue weighted by atomic mass is 10.1. The van der Waals surface area contributed by atoms with Gasteiger partial charge in [0, 0.05) is 12.8 Å². The average Bonchev–Trinajstić information content (AvgIpc) is 3.45. The molecule has 0 aromatic rings. The molecule has 0 N–H and O–H groups in total. The number of esters is 3. The molecule has 442 valence electrons. The SMILES string of the molecule is CC/C=C\C/C=C\C/C=C\C/C=C\C/C=C\C/C=C\C/C=C\C/C=C\CCCCC(=O)OCC(COC(=O)C/C=C\C/C=C\C/C=C\C/C=C\C/C=C\CC)OC(=O)CCCCCCCCCCC/C=C\CCCCCCCC. The molecule has 0 aromatic heterocycles. The second kappa shape index (κ2) is 65.3. The van der Waals surface area contributed by atoms with E-state index in [1.807, 2.05) is 6.08 Å². The molecule has 79 heavy (non-hydrogen) atoms. The van der Waals surface area contributed by atoms with Crippen molar-refractivity contribution in [2.75, 3.05) is 13.2 Å². The molecule has 0 aromatic carbocycles. The van der Waals surface area contributed by atoms with Crippen molar-refractivity contribution in [2.45, 2.75) is 258 Å². The molecule has 0 saturated carbocycles. The van der Waals surface area contributed by atoms with Crippen molar-refractivity contribution < 1.29 is 28.6 Å². The van der Waals surface area contributed by atoms with Crippen LogP contribution in [0.25, 0.3) is 0 Å². The van der Waals surface area contributed by atoms with Crippen LogP contribution in [0, 0.1) is 0 Å². The third-order valence-corrected chi connectivity index (χ3v) is 12.7. The minimum absolute atomic E-state index is 0.111. The Bertz CT molecular complexity index is 1820. The van der Waals surface area contributed by atoms with Crippen molar-refractivity contribution >= 4 is 17.9 Å². The van der Waals surface area contributed by atoms with Crippen molar-refractivity contribution in [3.63, 3.8) is 0 Å². The lowest BCUT2D eigenvalue weighted by Gasteiger charge is -2.18. The molecule has 0 aliphatic heterocycles. The van der Waals surface area contributed by atoms with Crippen molar-refractivity contribution in [2.24, 2.45) is 0 Å². The van der Waals surface area contributed by atoms with Crippen LogP contribution in [0.5, 0.6) is 0 Å². The zero-order valence-corrected chi connectivity index (χ0v) is 50.6. The van der Waals surface area contributed by atoms with Crippen LogP contribution in [0.4, 0.5) is 0 Å².